The normalized spacial score (nSPS) is 10.7. The molecule has 0 saturated heterocycles. The zero-order valence-electron chi connectivity index (χ0n) is 12.9. The van der Waals surface area contributed by atoms with E-state index in [0.29, 0.717) is 17.1 Å². The van der Waals surface area contributed by atoms with E-state index < -0.39 is 11.6 Å². The Morgan fingerprint density at radius 3 is 2.64 bits per heavy atom. The summed E-state index contributed by atoms with van der Waals surface area (Å²) in [4.78, 5) is 16.4. The summed E-state index contributed by atoms with van der Waals surface area (Å²) in [6.45, 7) is 0. The predicted octanol–water partition coefficient (Wildman–Crippen LogP) is 4.85. The summed E-state index contributed by atoms with van der Waals surface area (Å²) in [5, 5.41) is 5.79. The number of aromatic nitrogens is 1. The van der Waals surface area contributed by atoms with Gasteiger partial charge in [0.15, 0.2) is 0 Å². The van der Waals surface area contributed by atoms with Crippen molar-refractivity contribution in [1.29, 1.82) is 0 Å². The molecule has 0 spiro atoms. The maximum atomic E-state index is 13.1. The van der Waals surface area contributed by atoms with Gasteiger partial charge in [-0.3, -0.25) is 4.79 Å². The topological polar surface area (TPSA) is 42.0 Å². The molecule has 7 heteroatoms. The summed E-state index contributed by atoms with van der Waals surface area (Å²) in [5.41, 5.74) is 1.72. The first-order valence-electron chi connectivity index (χ1n) is 7.41. The van der Waals surface area contributed by atoms with Crippen LogP contribution < -0.4 is 5.32 Å². The molecule has 0 aliphatic rings. The Morgan fingerprint density at radius 1 is 1.16 bits per heavy atom. The first-order valence-corrected chi connectivity index (χ1v) is 8.67. The molecule has 1 heterocycles. The lowest BCUT2D eigenvalue weighted by Gasteiger charge is -2.04. The lowest BCUT2D eigenvalue weighted by molar-refractivity contribution is -0.115. The molecule has 3 rings (SSSR count). The van der Waals surface area contributed by atoms with E-state index in [2.05, 4.69) is 10.3 Å². The Bertz CT molecular complexity index is 893. The van der Waals surface area contributed by atoms with E-state index >= 15 is 0 Å². The Labute approximate surface area is 152 Å². The van der Waals surface area contributed by atoms with Crippen LogP contribution in [0.4, 0.5) is 14.5 Å². The fraction of sp³-hybridized carbons (Fsp3) is 0.111. The number of carbonyl (C=O) groups excluding carboxylic acids is 1. The van der Waals surface area contributed by atoms with Crippen molar-refractivity contribution in [2.75, 3.05) is 5.32 Å². The van der Waals surface area contributed by atoms with Gasteiger partial charge in [-0.2, -0.15) is 0 Å². The molecule has 0 bridgehead atoms. The fourth-order valence-corrected chi connectivity index (χ4v) is 3.37. The van der Waals surface area contributed by atoms with Gasteiger partial charge in [0.05, 0.1) is 17.1 Å². The van der Waals surface area contributed by atoms with Crippen LogP contribution in [-0.2, 0) is 17.6 Å². The third-order valence-corrected chi connectivity index (χ3v) is 4.46. The van der Waals surface area contributed by atoms with Crippen molar-refractivity contribution in [3.63, 3.8) is 0 Å². The van der Waals surface area contributed by atoms with Crippen molar-refractivity contribution in [2.45, 2.75) is 12.8 Å². The first kappa shape index (κ1) is 17.5. The van der Waals surface area contributed by atoms with Gasteiger partial charge in [-0.15, -0.1) is 11.3 Å². The van der Waals surface area contributed by atoms with Gasteiger partial charge < -0.3 is 5.32 Å². The Hall–Kier alpha value is -2.31. The Balaban J connectivity index is 1.61. The Morgan fingerprint density at radius 2 is 1.92 bits per heavy atom. The highest BCUT2D eigenvalue weighted by molar-refractivity contribution is 7.09. The molecule has 0 radical (unpaired) electrons. The number of nitrogens with zero attached hydrogens (tertiary/aromatic N) is 1. The largest absolute Gasteiger partial charge is 0.326 e. The number of halogens is 3. The summed E-state index contributed by atoms with van der Waals surface area (Å²) in [6.07, 6.45) is 0.659. The van der Waals surface area contributed by atoms with E-state index in [0.717, 1.165) is 28.8 Å². The molecule has 25 heavy (non-hydrogen) atoms. The second kappa shape index (κ2) is 7.72. The van der Waals surface area contributed by atoms with Crippen LogP contribution >= 0.6 is 22.9 Å². The molecule has 3 aromatic rings. The zero-order valence-corrected chi connectivity index (χ0v) is 14.5. The highest BCUT2D eigenvalue weighted by Crippen LogP contribution is 2.18. The van der Waals surface area contributed by atoms with E-state index in [1.807, 2.05) is 18.2 Å². The number of hydrogen-bond acceptors (Lipinski definition) is 3. The van der Waals surface area contributed by atoms with Crippen molar-refractivity contribution in [3.8, 4) is 0 Å². The van der Waals surface area contributed by atoms with E-state index in [1.165, 1.54) is 11.3 Å². The molecular formula is C18H13ClF2N2OS. The van der Waals surface area contributed by atoms with Crippen molar-refractivity contribution in [2.24, 2.45) is 0 Å². The number of rotatable bonds is 5. The number of amides is 1. The van der Waals surface area contributed by atoms with Gasteiger partial charge in [-0.1, -0.05) is 23.7 Å². The minimum Gasteiger partial charge on any atom is -0.326 e. The van der Waals surface area contributed by atoms with Gasteiger partial charge in [-0.25, -0.2) is 13.8 Å². The maximum Gasteiger partial charge on any atom is 0.230 e. The molecule has 0 aliphatic carbocycles. The van der Waals surface area contributed by atoms with Gasteiger partial charge in [0.1, 0.15) is 11.6 Å². The smallest absolute Gasteiger partial charge is 0.230 e. The number of carbonyl (C=O) groups is 1. The van der Waals surface area contributed by atoms with E-state index in [1.54, 1.807) is 11.4 Å². The number of hydrogen-bond donors (Lipinski definition) is 1. The van der Waals surface area contributed by atoms with Crippen LogP contribution in [0.1, 0.15) is 16.3 Å². The Kier molecular flexibility index (Phi) is 5.40. The summed E-state index contributed by atoms with van der Waals surface area (Å²) >= 11 is 7.41. The lowest BCUT2D eigenvalue weighted by Crippen LogP contribution is -2.15. The van der Waals surface area contributed by atoms with Crippen LogP contribution in [0.15, 0.2) is 47.8 Å². The SMILES string of the molecule is O=C(Cc1csc(Cc2cccc(Cl)c2)n1)Nc1cc(F)cc(F)c1. The summed E-state index contributed by atoms with van der Waals surface area (Å²) in [6, 6.07) is 10.4. The van der Waals surface area contributed by atoms with E-state index in [4.69, 9.17) is 11.6 Å². The summed E-state index contributed by atoms with van der Waals surface area (Å²) < 4.78 is 26.3. The molecule has 1 amide bonds. The van der Waals surface area contributed by atoms with Crippen LogP contribution in [-0.4, -0.2) is 10.9 Å². The monoisotopic (exact) mass is 378 g/mol. The molecule has 0 aliphatic heterocycles. The number of nitrogens with one attached hydrogen (secondary N) is 1. The maximum absolute atomic E-state index is 13.1. The average Bonchev–Trinajstić information content (AvgIpc) is 2.92. The fourth-order valence-electron chi connectivity index (χ4n) is 2.33. The van der Waals surface area contributed by atoms with Crippen LogP contribution in [0.25, 0.3) is 0 Å². The van der Waals surface area contributed by atoms with Crippen LogP contribution in [0, 0.1) is 11.6 Å². The summed E-state index contributed by atoms with van der Waals surface area (Å²) in [5.74, 6) is -1.87. The van der Waals surface area contributed by atoms with E-state index in [9.17, 15) is 13.6 Å². The van der Waals surface area contributed by atoms with Crippen molar-refractivity contribution in [3.05, 3.63) is 80.8 Å². The molecule has 0 unspecified atom stereocenters. The highest BCUT2D eigenvalue weighted by atomic mass is 35.5. The zero-order chi connectivity index (χ0) is 17.8. The van der Waals surface area contributed by atoms with Gasteiger partial charge >= 0.3 is 0 Å². The third kappa shape index (κ3) is 5.08. The van der Waals surface area contributed by atoms with E-state index in [-0.39, 0.29) is 18.0 Å². The molecule has 0 saturated carbocycles. The van der Waals surface area contributed by atoms with Crippen molar-refractivity contribution < 1.29 is 13.6 Å². The minimum atomic E-state index is -0.743. The van der Waals surface area contributed by atoms with Gasteiger partial charge in [0.25, 0.3) is 0 Å². The van der Waals surface area contributed by atoms with Crippen LogP contribution in [0.5, 0.6) is 0 Å². The number of anilines is 1. The van der Waals surface area contributed by atoms with Gasteiger partial charge in [0, 0.05) is 28.6 Å². The standard InChI is InChI=1S/C18H13ClF2N2OS/c19-12-3-1-2-11(4-12)5-18-23-16(10-25-18)9-17(24)22-15-7-13(20)6-14(21)8-15/h1-4,6-8,10H,5,9H2,(H,22,24). The predicted molar refractivity (Wildman–Crippen MR) is 95.1 cm³/mol. The third-order valence-electron chi connectivity index (χ3n) is 3.33. The molecule has 1 aromatic heterocycles. The highest BCUT2D eigenvalue weighted by Gasteiger charge is 2.10. The molecule has 128 valence electrons. The van der Waals surface area contributed by atoms with Gasteiger partial charge in [0.2, 0.25) is 5.91 Å². The second-order valence-electron chi connectivity index (χ2n) is 5.42. The summed E-state index contributed by atoms with van der Waals surface area (Å²) in [7, 11) is 0. The molecule has 3 nitrogen and oxygen atoms in total. The molecular weight excluding hydrogens is 366 g/mol. The molecule has 0 atom stereocenters. The first-order chi connectivity index (χ1) is 12.0. The van der Waals surface area contributed by atoms with Crippen molar-refractivity contribution in [1.82, 2.24) is 4.98 Å². The minimum absolute atomic E-state index is 0.0319. The number of thiazole rings is 1. The molecule has 2 aromatic carbocycles. The van der Waals surface area contributed by atoms with Crippen LogP contribution in [0.3, 0.4) is 0 Å². The quantitative estimate of drug-likeness (QED) is 0.689. The second-order valence-corrected chi connectivity index (χ2v) is 6.80. The van der Waals surface area contributed by atoms with Crippen LogP contribution in [0.2, 0.25) is 5.02 Å². The van der Waals surface area contributed by atoms with Gasteiger partial charge in [-0.05, 0) is 29.8 Å². The average molecular weight is 379 g/mol. The number of benzene rings is 2. The molecule has 0 fully saturated rings. The molecule has 1 N–H and O–H groups in total. The lowest BCUT2D eigenvalue weighted by atomic mass is 10.2. The van der Waals surface area contributed by atoms with Crippen molar-refractivity contribution >= 4 is 34.5 Å².